The second-order valence-electron chi connectivity index (χ2n) is 11.5. The number of likely N-dealkylation sites (tertiary alicyclic amines) is 1. The summed E-state index contributed by atoms with van der Waals surface area (Å²) in [6.07, 6.45) is 10.1. The van der Waals surface area contributed by atoms with Gasteiger partial charge in [-0.15, -0.1) is 0 Å². The van der Waals surface area contributed by atoms with Gasteiger partial charge in [0.1, 0.15) is 5.82 Å². The molecule has 1 amide bonds. The minimum absolute atomic E-state index is 0.0616. The Hall–Kier alpha value is -2.90. The van der Waals surface area contributed by atoms with E-state index in [0.29, 0.717) is 50.9 Å². The van der Waals surface area contributed by atoms with Crippen LogP contribution in [0.5, 0.6) is 0 Å². The number of carbonyl (C=O) groups excluding carboxylic acids is 1. The highest BCUT2D eigenvalue weighted by Gasteiger charge is 2.53. The summed E-state index contributed by atoms with van der Waals surface area (Å²) in [6, 6.07) is 4.13. The molecule has 0 spiro atoms. The van der Waals surface area contributed by atoms with Crippen LogP contribution >= 0.6 is 0 Å². The molecule has 3 aliphatic heterocycles. The van der Waals surface area contributed by atoms with Crippen molar-refractivity contribution in [3.63, 3.8) is 0 Å². The van der Waals surface area contributed by atoms with Gasteiger partial charge in [0.15, 0.2) is 11.6 Å². The number of benzene rings is 1. The molecule has 1 saturated heterocycles. The van der Waals surface area contributed by atoms with Gasteiger partial charge < -0.3 is 20.2 Å². The number of rotatable bonds is 5. The van der Waals surface area contributed by atoms with Gasteiger partial charge in [0, 0.05) is 38.5 Å². The average Bonchev–Trinajstić information content (AvgIpc) is 3.20. The largest absolute Gasteiger partial charge is 0.481 e. The van der Waals surface area contributed by atoms with Crippen LogP contribution in [-0.4, -0.2) is 52.5 Å². The molecule has 0 radical (unpaired) electrons. The third-order valence-corrected chi connectivity index (χ3v) is 9.70. The van der Waals surface area contributed by atoms with E-state index in [0.717, 1.165) is 38.0 Å². The van der Waals surface area contributed by atoms with Crippen molar-refractivity contribution in [1.29, 1.82) is 0 Å². The highest BCUT2D eigenvalue weighted by atomic mass is 19.2. The molecule has 2 bridgehead atoms. The topological polar surface area (TPSA) is 72.9 Å². The number of carbonyl (C=O) groups is 2. The van der Waals surface area contributed by atoms with E-state index in [1.807, 2.05) is 4.90 Å². The second-order valence-corrected chi connectivity index (χ2v) is 11.5. The molecular weight excluding hydrogens is 464 g/mol. The molecule has 2 unspecified atom stereocenters. The second kappa shape index (κ2) is 8.60. The van der Waals surface area contributed by atoms with Gasteiger partial charge in [-0.05, 0) is 73.6 Å². The third-order valence-electron chi connectivity index (χ3n) is 9.70. The maximum Gasteiger partial charge on any atom is 0.309 e. The summed E-state index contributed by atoms with van der Waals surface area (Å²) in [4.78, 5) is 29.6. The van der Waals surface area contributed by atoms with E-state index in [9.17, 15) is 23.5 Å². The van der Waals surface area contributed by atoms with Crippen molar-refractivity contribution in [2.45, 2.75) is 64.0 Å². The summed E-state index contributed by atoms with van der Waals surface area (Å²) in [5, 5.41) is 13.2. The molecule has 2 N–H and O–H groups in total. The molecule has 3 heterocycles. The van der Waals surface area contributed by atoms with Crippen LogP contribution in [0.25, 0.3) is 0 Å². The van der Waals surface area contributed by atoms with Crippen LogP contribution in [0.4, 0.5) is 8.78 Å². The molecule has 8 heteroatoms. The zero-order valence-electron chi connectivity index (χ0n) is 20.4. The van der Waals surface area contributed by atoms with Gasteiger partial charge in [-0.3, -0.25) is 9.59 Å². The van der Waals surface area contributed by atoms with Crippen LogP contribution < -0.4 is 5.32 Å². The Balaban J connectivity index is 1.18. The lowest BCUT2D eigenvalue weighted by atomic mass is 9.53. The number of aliphatic carboxylic acids is 1. The quantitative estimate of drug-likeness (QED) is 0.639. The Morgan fingerprint density at radius 2 is 1.83 bits per heavy atom. The lowest BCUT2D eigenvalue weighted by Gasteiger charge is -2.52. The number of hydrogen-bond acceptors (Lipinski definition) is 4. The number of nitrogens with zero attached hydrogens (tertiary/aromatic N) is 2. The van der Waals surface area contributed by atoms with Crippen LogP contribution in [0.2, 0.25) is 0 Å². The Morgan fingerprint density at radius 3 is 2.53 bits per heavy atom. The number of carboxylic acid groups (broad SMARTS) is 1. The standard InChI is InChI=1S/C28H33F2N3O3/c29-21-4-3-18(14-22(21)30)16-33-23-17-32(13-5-19(23)20-2-1-12-31-25(20)33)24(34)15-27-6-9-28(10-7-27,11-8-27)26(35)36/h1-4,14,19,23,31H,5-13,15-17H2,(H,35,36). The average molecular weight is 498 g/mol. The monoisotopic (exact) mass is 497 g/mol. The van der Waals surface area contributed by atoms with Crippen molar-refractivity contribution < 1.29 is 23.5 Å². The van der Waals surface area contributed by atoms with Crippen LogP contribution in [0.15, 0.2) is 41.7 Å². The van der Waals surface area contributed by atoms with E-state index in [1.165, 1.54) is 17.7 Å². The highest BCUT2D eigenvalue weighted by Crippen LogP contribution is 2.58. The molecule has 1 aromatic carbocycles. The smallest absolute Gasteiger partial charge is 0.309 e. The molecule has 2 atom stereocenters. The number of amides is 1. The molecule has 6 nitrogen and oxygen atoms in total. The van der Waals surface area contributed by atoms with Crippen LogP contribution in [-0.2, 0) is 16.1 Å². The molecule has 3 saturated carbocycles. The van der Waals surface area contributed by atoms with Crippen molar-refractivity contribution in [3.8, 4) is 0 Å². The van der Waals surface area contributed by atoms with Crippen LogP contribution in [0, 0.1) is 28.4 Å². The van der Waals surface area contributed by atoms with Crippen molar-refractivity contribution in [2.24, 2.45) is 16.7 Å². The molecule has 1 aromatic rings. The zero-order chi connectivity index (χ0) is 25.1. The van der Waals surface area contributed by atoms with Crippen LogP contribution in [0.3, 0.4) is 0 Å². The van der Waals surface area contributed by atoms with Crippen molar-refractivity contribution in [3.05, 3.63) is 58.9 Å². The maximum absolute atomic E-state index is 13.9. The lowest BCUT2D eigenvalue weighted by Crippen LogP contribution is -2.53. The number of carboxylic acids is 1. The SMILES string of the molecule is O=C(CC12CCC(C(=O)O)(CC1)CC2)N1CCC2C3=C(NCC=C3)N(Cc3ccc(F)c(F)c3)C2C1. The fourth-order valence-corrected chi connectivity index (χ4v) is 7.40. The summed E-state index contributed by atoms with van der Waals surface area (Å²) in [5.41, 5.74) is 1.31. The molecular formula is C28H33F2N3O3. The van der Waals surface area contributed by atoms with Gasteiger partial charge >= 0.3 is 5.97 Å². The summed E-state index contributed by atoms with van der Waals surface area (Å²) in [7, 11) is 0. The number of piperidine rings is 1. The number of fused-ring (bicyclic) bond motifs is 5. The lowest BCUT2D eigenvalue weighted by molar-refractivity contribution is -0.160. The van der Waals surface area contributed by atoms with Crippen molar-refractivity contribution in [2.75, 3.05) is 19.6 Å². The number of allylic oxidation sites excluding steroid dienone is 1. The van der Waals surface area contributed by atoms with Gasteiger partial charge in [0.05, 0.1) is 11.5 Å². The first-order chi connectivity index (χ1) is 17.3. The van der Waals surface area contributed by atoms with E-state index in [2.05, 4.69) is 22.4 Å². The minimum Gasteiger partial charge on any atom is -0.481 e. The molecule has 192 valence electrons. The van der Waals surface area contributed by atoms with Gasteiger partial charge in [0.2, 0.25) is 5.91 Å². The zero-order valence-corrected chi connectivity index (χ0v) is 20.4. The van der Waals surface area contributed by atoms with Gasteiger partial charge in [0.25, 0.3) is 0 Å². The Labute approximate surface area is 210 Å². The van der Waals surface area contributed by atoms with E-state index in [1.54, 1.807) is 6.07 Å². The minimum atomic E-state index is -0.850. The first-order valence-electron chi connectivity index (χ1n) is 13.2. The Kier molecular flexibility index (Phi) is 5.61. The Morgan fingerprint density at radius 1 is 1.08 bits per heavy atom. The van der Waals surface area contributed by atoms with E-state index in [-0.39, 0.29) is 23.3 Å². The maximum atomic E-state index is 13.9. The molecule has 6 aliphatic rings. The third kappa shape index (κ3) is 3.80. The summed E-state index contributed by atoms with van der Waals surface area (Å²) in [5.74, 6) is -0.881. The number of dihydropyridines is 1. The van der Waals surface area contributed by atoms with Gasteiger partial charge in [-0.1, -0.05) is 18.2 Å². The molecule has 0 aromatic heterocycles. The van der Waals surface area contributed by atoms with E-state index >= 15 is 0 Å². The number of halogens is 2. The van der Waals surface area contributed by atoms with Crippen LogP contribution in [0.1, 0.15) is 56.9 Å². The van der Waals surface area contributed by atoms with Gasteiger partial charge in [-0.2, -0.15) is 0 Å². The van der Waals surface area contributed by atoms with Crippen molar-refractivity contribution >= 4 is 11.9 Å². The number of hydrogen-bond donors (Lipinski definition) is 2. The Bertz CT molecular complexity index is 1140. The number of nitrogens with one attached hydrogen (secondary N) is 1. The van der Waals surface area contributed by atoms with Gasteiger partial charge in [-0.25, -0.2) is 8.78 Å². The van der Waals surface area contributed by atoms with Crippen molar-refractivity contribution in [1.82, 2.24) is 15.1 Å². The summed E-state index contributed by atoms with van der Waals surface area (Å²) in [6.45, 7) is 2.47. The fraction of sp³-hybridized carbons (Fsp3) is 0.571. The first kappa shape index (κ1) is 23.5. The molecule has 3 aliphatic carbocycles. The highest BCUT2D eigenvalue weighted by molar-refractivity contribution is 5.78. The summed E-state index contributed by atoms with van der Waals surface area (Å²) < 4.78 is 27.4. The van der Waals surface area contributed by atoms with E-state index in [4.69, 9.17) is 0 Å². The fourth-order valence-electron chi connectivity index (χ4n) is 7.40. The molecule has 4 fully saturated rings. The summed E-state index contributed by atoms with van der Waals surface area (Å²) >= 11 is 0. The van der Waals surface area contributed by atoms with E-state index < -0.39 is 23.0 Å². The first-order valence-corrected chi connectivity index (χ1v) is 13.2. The normalized spacial score (nSPS) is 32.8. The molecule has 7 rings (SSSR count). The predicted octanol–water partition coefficient (Wildman–Crippen LogP) is 4.18. The predicted molar refractivity (Wildman–Crippen MR) is 129 cm³/mol. The molecule has 36 heavy (non-hydrogen) atoms.